The van der Waals surface area contributed by atoms with Crippen LogP contribution < -0.4 is 15.6 Å². The fourth-order valence-corrected chi connectivity index (χ4v) is 3.71. The van der Waals surface area contributed by atoms with E-state index in [-0.39, 0.29) is 11.2 Å². The predicted octanol–water partition coefficient (Wildman–Crippen LogP) is 2.37. The molecule has 1 aromatic carbocycles. The summed E-state index contributed by atoms with van der Waals surface area (Å²) in [5.74, 6) is 0.917. The van der Waals surface area contributed by atoms with Crippen LogP contribution in [-0.2, 0) is 6.54 Å². The van der Waals surface area contributed by atoms with Crippen LogP contribution in [0.15, 0.2) is 30.5 Å². The minimum atomic E-state index is 0.0520. The molecule has 0 saturated carbocycles. The number of likely N-dealkylation sites (N-methyl/N-ethyl adjacent to an activating group) is 1. The van der Waals surface area contributed by atoms with Crippen LogP contribution in [0.5, 0.6) is 5.75 Å². The van der Waals surface area contributed by atoms with Crippen molar-refractivity contribution in [2.75, 3.05) is 38.5 Å². The number of benzene rings is 1. The van der Waals surface area contributed by atoms with Crippen LogP contribution in [-0.4, -0.2) is 59.4 Å². The van der Waals surface area contributed by atoms with Gasteiger partial charge in [-0.05, 0) is 37.2 Å². The van der Waals surface area contributed by atoms with Gasteiger partial charge in [0.15, 0.2) is 5.15 Å². The number of halogens is 1. The molecule has 0 radical (unpaired) electrons. The highest BCUT2D eigenvalue weighted by molar-refractivity contribution is 6.32. The first-order chi connectivity index (χ1) is 13.0. The van der Waals surface area contributed by atoms with E-state index in [9.17, 15) is 5.21 Å². The van der Waals surface area contributed by atoms with Gasteiger partial charge in [0.25, 0.3) is 0 Å². The zero-order valence-electron chi connectivity index (χ0n) is 15.3. The van der Waals surface area contributed by atoms with E-state index in [0.29, 0.717) is 25.4 Å². The lowest BCUT2D eigenvalue weighted by Gasteiger charge is -2.27. The second kappa shape index (κ2) is 7.61. The van der Waals surface area contributed by atoms with Gasteiger partial charge in [0.2, 0.25) is 0 Å². The van der Waals surface area contributed by atoms with E-state index >= 15 is 0 Å². The van der Waals surface area contributed by atoms with Crippen LogP contribution in [0, 0.1) is 0 Å². The number of rotatable bonds is 3. The molecule has 1 fully saturated rings. The summed E-state index contributed by atoms with van der Waals surface area (Å²) in [7, 11) is 2.08. The summed E-state index contributed by atoms with van der Waals surface area (Å²) in [6, 6.07) is 8.01. The molecule has 144 valence electrons. The number of nitrogens with zero attached hydrogens (tertiary/aromatic N) is 4. The van der Waals surface area contributed by atoms with E-state index in [1.807, 2.05) is 18.2 Å². The second-order valence-corrected chi connectivity index (χ2v) is 7.55. The maximum absolute atomic E-state index is 10.6. The van der Waals surface area contributed by atoms with Crippen molar-refractivity contribution in [2.45, 2.75) is 19.0 Å². The van der Waals surface area contributed by atoms with E-state index < -0.39 is 0 Å². The van der Waals surface area contributed by atoms with Gasteiger partial charge < -0.3 is 10.5 Å². The highest BCUT2D eigenvalue weighted by Crippen LogP contribution is 2.33. The molecule has 1 saturated heterocycles. The van der Waals surface area contributed by atoms with Gasteiger partial charge in [0.1, 0.15) is 18.0 Å². The number of aromatic nitrogens is 1. The topological polar surface area (TPSA) is 78.1 Å². The zero-order chi connectivity index (χ0) is 19.0. The van der Waals surface area contributed by atoms with Crippen molar-refractivity contribution in [2.24, 2.45) is 5.73 Å². The average molecular weight is 390 g/mol. The highest BCUT2D eigenvalue weighted by Gasteiger charge is 2.26. The Morgan fingerprint density at radius 2 is 2.15 bits per heavy atom. The smallest absolute Gasteiger partial charge is 0.156 e. The molecular weight excluding hydrogens is 366 g/mol. The number of anilines is 1. The van der Waals surface area contributed by atoms with Gasteiger partial charge in [0, 0.05) is 49.5 Å². The molecule has 1 aromatic heterocycles. The van der Waals surface area contributed by atoms with Gasteiger partial charge >= 0.3 is 0 Å². The first kappa shape index (κ1) is 18.5. The molecule has 0 aliphatic carbocycles. The van der Waals surface area contributed by atoms with Crippen molar-refractivity contribution >= 4 is 17.3 Å². The fraction of sp³-hybridized carbons (Fsp3) is 0.421. The van der Waals surface area contributed by atoms with Gasteiger partial charge in [-0.25, -0.2) is 4.98 Å². The van der Waals surface area contributed by atoms with Gasteiger partial charge in [-0.2, -0.15) is 10.2 Å². The molecular formula is C19H24ClN5O2. The summed E-state index contributed by atoms with van der Waals surface area (Å²) in [5.41, 5.74) is 9.42. The van der Waals surface area contributed by atoms with E-state index in [0.717, 1.165) is 47.1 Å². The molecule has 7 nitrogen and oxygen atoms in total. The Labute approximate surface area is 163 Å². The van der Waals surface area contributed by atoms with Gasteiger partial charge in [0.05, 0.1) is 0 Å². The third-order valence-electron chi connectivity index (χ3n) is 5.07. The van der Waals surface area contributed by atoms with Crippen LogP contribution in [0.1, 0.15) is 12.0 Å². The maximum atomic E-state index is 10.6. The molecule has 2 aromatic rings. The van der Waals surface area contributed by atoms with Crippen LogP contribution in [0.4, 0.5) is 5.69 Å². The van der Waals surface area contributed by atoms with Crippen molar-refractivity contribution in [3.05, 3.63) is 41.2 Å². The molecule has 2 aliphatic heterocycles. The number of fused-ring (bicyclic) bond motifs is 1. The standard InChI is InChI=1S/C19H24ClN5O2/c1-23-6-7-27-18-3-2-13(8-15(18)11-23)14-9-17(19(20)22-10-14)25(26)24-5-4-16(21)12-24/h2-3,8-10,16,26H,4-7,11-12,21H2,1H3. The number of hydrazine groups is 1. The summed E-state index contributed by atoms with van der Waals surface area (Å²) < 4.78 is 5.82. The Morgan fingerprint density at radius 3 is 2.93 bits per heavy atom. The minimum Gasteiger partial charge on any atom is -0.492 e. The van der Waals surface area contributed by atoms with Crippen LogP contribution in [0.3, 0.4) is 0 Å². The van der Waals surface area contributed by atoms with E-state index in [1.54, 1.807) is 11.2 Å². The number of nitrogens with two attached hydrogens (primary N) is 1. The molecule has 8 heteroatoms. The van der Waals surface area contributed by atoms with Crippen LogP contribution >= 0.6 is 11.6 Å². The fourth-order valence-electron chi connectivity index (χ4n) is 3.53. The lowest BCUT2D eigenvalue weighted by molar-refractivity contribution is 0.0851. The van der Waals surface area contributed by atoms with Crippen molar-refractivity contribution < 1.29 is 9.94 Å². The largest absolute Gasteiger partial charge is 0.492 e. The Morgan fingerprint density at radius 1 is 1.30 bits per heavy atom. The predicted molar refractivity (Wildman–Crippen MR) is 105 cm³/mol. The zero-order valence-corrected chi connectivity index (χ0v) is 16.1. The second-order valence-electron chi connectivity index (χ2n) is 7.19. The third kappa shape index (κ3) is 3.88. The Bertz CT molecular complexity index is 834. The number of hydrogen-bond donors (Lipinski definition) is 2. The Hall–Kier alpha value is -1.90. The van der Waals surface area contributed by atoms with Gasteiger partial charge in [-0.3, -0.25) is 10.1 Å². The lowest BCUT2D eigenvalue weighted by Crippen LogP contribution is -2.40. The molecule has 0 amide bonds. The number of pyridine rings is 1. The SMILES string of the molecule is CN1CCOc2ccc(-c3cnc(Cl)c(N(O)N4CCC(N)C4)c3)cc2C1. The van der Waals surface area contributed by atoms with Crippen molar-refractivity contribution in [1.29, 1.82) is 0 Å². The average Bonchev–Trinajstić information content (AvgIpc) is 3.00. The first-order valence-corrected chi connectivity index (χ1v) is 9.48. The van der Waals surface area contributed by atoms with Gasteiger partial charge in [-0.15, -0.1) is 0 Å². The molecule has 0 bridgehead atoms. The maximum Gasteiger partial charge on any atom is 0.156 e. The highest BCUT2D eigenvalue weighted by atomic mass is 35.5. The Kier molecular flexibility index (Phi) is 5.21. The normalized spacial score (nSPS) is 20.8. The number of ether oxygens (including phenoxy) is 1. The summed E-state index contributed by atoms with van der Waals surface area (Å²) in [4.78, 5) is 6.51. The molecule has 27 heavy (non-hydrogen) atoms. The number of hydrogen-bond acceptors (Lipinski definition) is 7. The van der Waals surface area contributed by atoms with Crippen molar-refractivity contribution in [3.8, 4) is 16.9 Å². The van der Waals surface area contributed by atoms with E-state index in [4.69, 9.17) is 22.1 Å². The monoisotopic (exact) mass is 389 g/mol. The molecule has 0 spiro atoms. The summed E-state index contributed by atoms with van der Waals surface area (Å²) in [6.45, 7) is 3.68. The van der Waals surface area contributed by atoms with Crippen molar-refractivity contribution in [1.82, 2.24) is 14.9 Å². The van der Waals surface area contributed by atoms with E-state index in [2.05, 4.69) is 23.0 Å². The molecule has 2 aliphatic rings. The molecule has 4 rings (SSSR count). The molecule has 1 atom stereocenters. The van der Waals surface area contributed by atoms with Gasteiger partial charge in [-0.1, -0.05) is 17.7 Å². The first-order valence-electron chi connectivity index (χ1n) is 9.11. The Balaban J connectivity index is 1.65. The lowest BCUT2D eigenvalue weighted by atomic mass is 10.0. The van der Waals surface area contributed by atoms with E-state index in [1.165, 1.54) is 0 Å². The minimum absolute atomic E-state index is 0.0520. The van der Waals surface area contributed by atoms with Crippen LogP contribution in [0.2, 0.25) is 5.15 Å². The summed E-state index contributed by atoms with van der Waals surface area (Å²) >= 11 is 6.25. The quantitative estimate of drug-likeness (QED) is 0.616. The summed E-state index contributed by atoms with van der Waals surface area (Å²) in [5, 5.41) is 13.7. The van der Waals surface area contributed by atoms with Crippen molar-refractivity contribution in [3.63, 3.8) is 0 Å². The third-order valence-corrected chi connectivity index (χ3v) is 5.36. The molecule has 3 N–H and O–H groups in total. The molecule has 1 unspecified atom stereocenters. The van der Waals surface area contributed by atoms with Crippen LogP contribution in [0.25, 0.3) is 11.1 Å². The molecule has 3 heterocycles. The summed E-state index contributed by atoms with van der Waals surface area (Å²) in [6.07, 6.45) is 2.55.